The van der Waals surface area contributed by atoms with Crippen LogP contribution < -0.4 is 0 Å². The summed E-state index contributed by atoms with van der Waals surface area (Å²) < 4.78 is 0. The van der Waals surface area contributed by atoms with Gasteiger partial charge in [0.1, 0.15) is 0 Å². The SMILES string of the molecule is CC1=NCC(C)N=C(C)c2cccc(n2)C(C)N=CC(C)N=C(C)c2cccc1n2. The Balaban J connectivity index is 2.04. The van der Waals surface area contributed by atoms with E-state index in [0.29, 0.717) is 6.54 Å². The average molecular weight is 403 g/mol. The van der Waals surface area contributed by atoms with Gasteiger partial charge in [0.2, 0.25) is 0 Å². The van der Waals surface area contributed by atoms with Gasteiger partial charge in [0, 0.05) is 6.21 Å². The largest absolute Gasteiger partial charge is 0.286 e. The number of aliphatic imine (C=N–C) groups is 4. The van der Waals surface area contributed by atoms with E-state index in [4.69, 9.17) is 24.9 Å². The van der Waals surface area contributed by atoms with Crippen molar-refractivity contribution in [1.82, 2.24) is 9.97 Å². The lowest BCUT2D eigenvalue weighted by molar-refractivity contribution is 0.752. The molecular weight excluding hydrogens is 372 g/mol. The Morgan fingerprint density at radius 2 is 1.33 bits per heavy atom. The fourth-order valence-electron chi connectivity index (χ4n) is 3.25. The summed E-state index contributed by atoms with van der Waals surface area (Å²) in [4.78, 5) is 28.5. The molecule has 3 heterocycles. The second kappa shape index (κ2) is 9.65. The molecule has 2 aromatic rings. The smallest absolute Gasteiger partial charge is 0.0888 e. The molecule has 156 valence electrons. The molecule has 0 amide bonds. The van der Waals surface area contributed by atoms with Gasteiger partial charge in [-0.25, -0.2) is 9.97 Å². The number of fused-ring (bicyclic) bond motifs is 4. The zero-order chi connectivity index (χ0) is 21.7. The van der Waals surface area contributed by atoms with Crippen LogP contribution in [0.5, 0.6) is 0 Å². The lowest BCUT2D eigenvalue weighted by atomic mass is 10.1. The number of pyridine rings is 2. The number of hydrogen-bond acceptors (Lipinski definition) is 6. The van der Waals surface area contributed by atoms with Crippen molar-refractivity contribution in [2.24, 2.45) is 20.0 Å². The molecular formula is C24H30N6. The zero-order valence-corrected chi connectivity index (χ0v) is 18.7. The molecule has 4 bridgehead atoms. The molecule has 3 atom stereocenters. The third kappa shape index (κ3) is 5.53. The van der Waals surface area contributed by atoms with Crippen molar-refractivity contribution in [2.45, 2.75) is 59.7 Å². The van der Waals surface area contributed by atoms with Crippen molar-refractivity contribution in [3.8, 4) is 0 Å². The van der Waals surface area contributed by atoms with Crippen LogP contribution in [0.25, 0.3) is 0 Å². The summed E-state index contributed by atoms with van der Waals surface area (Å²) in [6, 6.07) is 11.9. The van der Waals surface area contributed by atoms with Gasteiger partial charge in [-0.1, -0.05) is 12.1 Å². The summed E-state index contributed by atoms with van der Waals surface area (Å²) >= 11 is 0. The molecule has 0 spiro atoms. The van der Waals surface area contributed by atoms with Crippen molar-refractivity contribution in [1.29, 1.82) is 0 Å². The molecule has 0 aliphatic carbocycles. The van der Waals surface area contributed by atoms with E-state index in [0.717, 1.165) is 39.9 Å². The topological polar surface area (TPSA) is 75.2 Å². The summed E-state index contributed by atoms with van der Waals surface area (Å²) in [7, 11) is 0. The first-order valence-electron chi connectivity index (χ1n) is 10.4. The highest BCUT2D eigenvalue weighted by Crippen LogP contribution is 2.15. The maximum absolute atomic E-state index is 4.80. The first kappa shape index (κ1) is 21.7. The van der Waals surface area contributed by atoms with E-state index in [1.807, 2.05) is 77.2 Å². The second-order valence-electron chi connectivity index (χ2n) is 7.77. The van der Waals surface area contributed by atoms with Gasteiger partial charge < -0.3 is 0 Å². The van der Waals surface area contributed by atoms with Gasteiger partial charge in [-0.3, -0.25) is 20.0 Å². The van der Waals surface area contributed by atoms with Crippen LogP contribution in [-0.2, 0) is 0 Å². The molecule has 0 saturated carbocycles. The van der Waals surface area contributed by atoms with Gasteiger partial charge in [-0.15, -0.1) is 0 Å². The van der Waals surface area contributed by atoms with Crippen molar-refractivity contribution < 1.29 is 0 Å². The standard InChI is InChI=1S/C24H30N6/c1-15-13-25-17(3)21-9-8-12-24(30-21)20(6)28-16(2)14-26-18(4)22-10-7-11-23(29-22)19(5)27-15/h7-13,15-17H,14H2,1-6H3. The molecule has 0 N–H and O–H groups in total. The molecule has 1 aliphatic heterocycles. The minimum absolute atomic E-state index is 0.0482. The summed E-state index contributed by atoms with van der Waals surface area (Å²) in [5, 5.41) is 0. The Labute approximate surface area is 179 Å². The number of aromatic nitrogens is 2. The lowest BCUT2D eigenvalue weighted by Gasteiger charge is -2.11. The lowest BCUT2D eigenvalue weighted by Crippen LogP contribution is -2.13. The molecule has 0 fully saturated rings. The molecule has 3 rings (SSSR count). The van der Waals surface area contributed by atoms with E-state index in [2.05, 4.69) is 11.9 Å². The van der Waals surface area contributed by atoms with Crippen LogP contribution in [-0.4, -0.2) is 51.9 Å². The quantitative estimate of drug-likeness (QED) is 0.649. The van der Waals surface area contributed by atoms with Crippen LogP contribution >= 0.6 is 0 Å². The van der Waals surface area contributed by atoms with Crippen LogP contribution in [0.1, 0.15) is 70.4 Å². The third-order valence-electron chi connectivity index (χ3n) is 4.99. The van der Waals surface area contributed by atoms with Crippen LogP contribution in [0, 0.1) is 0 Å². The molecule has 3 unspecified atom stereocenters. The van der Waals surface area contributed by atoms with Gasteiger partial charge in [-0.05, 0) is 65.8 Å². The van der Waals surface area contributed by atoms with Crippen LogP contribution in [0.4, 0.5) is 0 Å². The Kier molecular flexibility index (Phi) is 6.98. The van der Waals surface area contributed by atoms with E-state index < -0.39 is 0 Å². The van der Waals surface area contributed by atoms with Crippen LogP contribution in [0.2, 0.25) is 0 Å². The molecule has 30 heavy (non-hydrogen) atoms. The van der Waals surface area contributed by atoms with Crippen molar-refractivity contribution >= 4 is 23.3 Å². The van der Waals surface area contributed by atoms with E-state index in [1.165, 1.54) is 0 Å². The second-order valence-corrected chi connectivity index (χ2v) is 7.77. The van der Waals surface area contributed by atoms with Gasteiger partial charge in [0.05, 0.1) is 64.6 Å². The highest BCUT2D eigenvalue weighted by atomic mass is 14.9. The van der Waals surface area contributed by atoms with Gasteiger partial charge in [0.25, 0.3) is 0 Å². The first-order valence-corrected chi connectivity index (χ1v) is 10.4. The molecule has 1 aliphatic rings. The van der Waals surface area contributed by atoms with E-state index in [1.54, 1.807) is 0 Å². The van der Waals surface area contributed by atoms with Gasteiger partial charge in [0.15, 0.2) is 0 Å². The maximum Gasteiger partial charge on any atom is 0.0888 e. The third-order valence-corrected chi connectivity index (χ3v) is 4.99. The van der Waals surface area contributed by atoms with E-state index in [-0.39, 0.29) is 18.1 Å². The Morgan fingerprint density at radius 3 is 2.07 bits per heavy atom. The number of nitrogens with zero attached hydrogens (tertiary/aromatic N) is 6. The normalized spacial score (nSPS) is 23.0. The summed E-state index contributed by atoms with van der Waals surface area (Å²) in [6.07, 6.45) is 1.88. The van der Waals surface area contributed by atoms with Gasteiger partial charge in [-0.2, -0.15) is 0 Å². The summed E-state index contributed by atoms with van der Waals surface area (Å²) in [5.41, 5.74) is 6.19. The molecule has 6 heteroatoms. The maximum atomic E-state index is 4.80. The van der Waals surface area contributed by atoms with Crippen molar-refractivity contribution in [2.75, 3.05) is 6.54 Å². The Bertz CT molecular complexity index is 1020. The van der Waals surface area contributed by atoms with Crippen molar-refractivity contribution in [3.63, 3.8) is 0 Å². The van der Waals surface area contributed by atoms with Gasteiger partial charge >= 0.3 is 0 Å². The highest BCUT2D eigenvalue weighted by Gasteiger charge is 2.10. The molecule has 0 aromatic carbocycles. The molecule has 0 saturated heterocycles. The minimum atomic E-state index is -0.0566. The summed E-state index contributed by atoms with van der Waals surface area (Å²) in [6.45, 7) is 12.7. The predicted molar refractivity (Wildman–Crippen MR) is 126 cm³/mol. The monoisotopic (exact) mass is 402 g/mol. The molecule has 6 nitrogen and oxygen atoms in total. The number of hydrogen-bond donors (Lipinski definition) is 0. The first-order chi connectivity index (χ1) is 14.3. The average Bonchev–Trinajstić information content (AvgIpc) is 2.75. The molecule has 2 aromatic heterocycles. The fraction of sp³-hybridized carbons (Fsp3) is 0.417. The molecule has 0 radical (unpaired) electrons. The Morgan fingerprint density at radius 1 is 0.733 bits per heavy atom. The fourth-order valence-corrected chi connectivity index (χ4v) is 3.25. The number of rotatable bonds is 0. The Hall–Kier alpha value is -3.02. The van der Waals surface area contributed by atoms with E-state index in [9.17, 15) is 0 Å². The van der Waals surface area contributed by atoms with Crippen LogP contribution in [0.15, 0.2) is 56.4 Å². The predicted octanol–water partition coefficient (Wildman–Crippen LogP) is 4.53. The minimum Gasteiger partial charge on any atom is -0.286 e. The summed E-state index contributed by atoms with van der Waals surface area (Å²) in [5.74, 6) is 0. The van der Waals surface area contributed by atoms with E-state index >= 15 is 0 Å². The van der Waals surface area contributed by atoms with Crippen molar-refractivity contribution in [3.05, 3.63) is 59.2 Å². The highest BCUT2D eigenvalue weighted by molar-refractivity contribution is 6.01. The van der Waals surface area contributed by atoms with Crippen LogP contribution in [0.3, 0.4) is 0 Å². The zero-order valence-electron chi connectivity index (χ0n) is 18.7.